The predicted octanol–water partition coefficient (Wildman–Crippen LogP) is 3.62. The standard InChI is InChI=1S/C22H28N2O3/c1-14(2)18-11-10-15(3)12-20(18)27-21(25)13-19(24-22(26)16(4)23)17-8-6-5-7-9-17/h5-12,14,16,19H,13,23H2,1-4H3,(H,24,26). The Morgan fingerprint density at radius 2 is 1.74 bits per heavy atom. The van der Waals surface area contributed by atoms with E-state index in [4.69, 9.17) is 10.5 Å². The van der Waals surface area contributed by atoms with Crippen LogP contribution in [-0.2, 0) is 9.59 Å². The van der Waals surface area contributed by atoms with Gasteiger partial charge in [-0.15, -0.1) is 0 Å². The first-order chi connectivity index (χ1) is 12.8. The molecule has 144 valence electrons. The molecule has 3 N–H and O–H groups in total. The highest BCUT2D eigenvalue weighted by Crippen LogP contribution is 2.28. The Bertz CT molecular complexity index is 785. The van der Waals surface area contributed by atoms with Crippen LogP contribution in [0, 0.1) is 6.92 Å². The first kappa shape index (κ1) is 20.6. The molecule has 0 spiro atoms. The molecule has 0 aliphatic heterocycles. The fourth-order valence-corrected chi connectivity index (χ4v) is 2.78. The van der Waals surface area contributed by atoms with Crippen molar-refractivity contribution in [2.24, 2.45) is 5.73 Å². The molecular formula is C22H28N2O3. The smallest absolute Gasteiger partial charge is 0.313 e. The molecule has 0 radical (unpaired) electrons. The highest BCUT2D eigenvalue weighted by Gasteiger charge is 2.22. The van der Waals surface area contributed by atoms with Crippen molar-refractivity contribution in [1.29, 1.82) is 0 Å². The second-order valence-electron chi connectivity index (χ2n) is 7.13. The fraction of sp³-hybridized carbons (Fsp3) is 0.364. The summed E-state index contributed by atoms with van der Waals surface area (Å²) in [5.41, 5.74) is 8.49. The second kappa shape index (κ2) is 9.33. The van der Waals surface area contributed by atoms with Crippen LogP contribution >= 0.6 is 0 Å². The topological polar surface area (TPSA) is 81.4 Å². The minimum absolute atomic E-state index is 0.0218. The van der Waals surface area contributed by atoms with Crippen molar-refractivity contribution in [2.45, 2.75) is 52.1 Å². The van der Waals surface area contributed by atoms with Gasteiger partial charge in [0.1, 0.15) is 5.75 Å². The number of carbonyl (C=O) groups excluding carboxylic acids is 2. The van der Waals surface area contributed by atoms with Crippen molar-refractivity contribution < 1.29 is 14.3 Å². The van der Waals surface area contributed by atoms with E-state index < -0.39 is 18.1 Å². The van der Waals surface area contributed by atoms with Crippen LogP contribution in [0.2, 0.25) is 0 Å². The first-order valence-electron chi connectivity index (χ1n) is 9.20. The lowest BCUT2D eigenvalue weighted by molar-refractivity contribution is -0.135. The second-order valence-corrected chi connectivity index (χ2v) is 7.13. The number of carbonyl (C=O) groups is 2. The van der Waals surface area contributed by atoms with Gasteiger partial charge in [-0.3, -0.25) is 9.59 Å². The van der Waals surface area contributed by atoms with Crippen molar-refractivity contribution in [2.75, 3.05) is 0 Å². The highest BCUT2D eigenvalue weighted by atomic mass is 16.5. The van der Waals surface area contributed by atoms with Gasteiger partial charge in [-0.25, -0.2) is 0 Å². The summed E-state index contributed by atoms with van der Waals surface area (Å²) in [4.78, 5) is 24.7. The van der Waals surface area contributed by atoms with Gasteiger partial charge >= 0.3 is 5.97 Å². The van der Waals surface area contributed by atoms with E-state index in [9.17, 15) is 9.59 Å². The monoisotopic (exact) mass is 368 g/mol. The van der Waals surface area contributed by atoms with Gasteiger partial charge in [-0.1, -0.05) is 56.3 Å². The van der Waals surface area contributed by atoms with Gasteiger partial charge in [-0.05, 0) is 42.5 Å². The summed E-state index contributed by atoms with van der Waals surface area (Å²) in [5.74, 6) is 0.0906. The van der Waals surface area contributed by atoms with E-state index in [2.05, 4.69) is 19.2 Å². The lowest BCUT2D eigenvalue weighted by atomic mass is 10.0. The molecule has 27 heavy (non-hydrogen) atoms. The van der Waals surface area contributed by atoms with Crippen molar-refractivity contribution >= 4 is 11.9 Å². The average Bonchev–Trinajstić information content (AvgIpc) is 2.61. The summed E-state index contributed by atoms with van der Waals surface area (Å²) >= 11 is 0. The molecule has 0 saturated carbocycles. The third-order valence-electron chi connectivity index (χ3n) is 4.32. The number of amides is 1. The largest absolute Gasteiger partial charge is 0.426 e. The Morgan fingerprint density at radius 3 is 2.33 bits per heavy atom. The zero-order valence-electron chi connectivity index (χ0n) is 16.4. The van der Waals surface area contributed by atoms with E-state index in [0.717, 1.165) is 16.7 Å². The van der Waals surface area contributed by atoms with Crippen LogP contribution < -0.4 is 15.8 Å². The Kier molecular flexibility index (Phi) is 7.13. The minimum Gasteiger partial charge on any atom is -0.426 e. The number of nitrogens with two attached hydrogens (primary N) is 1. The molecule has 0 aliphatic rings. The maximum Gasteiger partial charge on any atom is 0.313 e. The third-order valence-corrected chi connectivity index (χ3v) is 4.32. The molecular weight excluding hydrogens is 340 g/mol. The van der Waals surface area contributed by atoms with Crippen molar-refractivity contribution in [3.8, 4) is 5.75 Å². The maximum absolute atomic E-state index is 12.6. The van der Waals surface area contributed by atoms with Gasteiger partial charge in [0.05, 0.1) is 18.5 Å². The SMILES string of the molecule is Cc1ccc(C(C)C)c(OC(=O)CC(NC(=O)C(C)N)c2ccccc2)c1. The van der Waals surface area contributed by atoms with Crippen molar-refractivity contribution in [1.82, 2.24) is 5.32 Å². The van der Waals surface area contributed by atoms with Crippen molar-refractivity contribution in [3.63, 3.8) is 0 Å². The van der Waals surface area contributed by atoms with Crippen LogP contribution in [0.4, 0.5) is 0 Å². The van der Waals surface area contributed by atoms with E-state index in [1.54, 1.807) is 6.92 Å². The average molecular weight is 368 g/mol. The molecule has 0 saturated heterocycles. The molecule has 0 heterocycles. The lowest BCUT2D eigenvalue weighted by Crippen LogP contribution is -2.41. The molecule has 2 unspecified atom stereocenters. The first-order valence-corrected chi connectivity index (χ1v) is 9.20. The number of aryl methyl sites for hydroxylation is 1. The number of ether oxygens (including phenoxy) is 1. The zero-order chi connectivity index (χ0) is 20.0. The van der Waals surface area contributed by atoms with E-state index >= 15 is 0 Å². The molecule has 0 fully saturated rings. The quantitative estimate of drug-likeness (QED) is 0.578. The van der Waals surface area contributed by atoms with Crippen molar-refractivity contribution in [3.05, 3.63) is 65.2 Å². The fourth-order valence-electron chi connectivity index (χ4n) is 2.78. The Hall–Kier alpha value is -2.66. The minimum atomic E-state index is -0.656. The third kappa shape index (κ3) is 5.93. The molecule has 0 aromatic heterocycles. The molecule has 2 aromatic carbocycles. The molecule has 5 heteroatoms. The van der Waals surface area contributed by atoms with Gasteiger partial charge in [0.2, 0.25) is 5.91 Å². The number of hydrogen-bond acceptors (Lipinski definition) is 4. The summed E-state index contributed by atoms with van der Waals surface area (Å²) in [6.07, 6.45) is 0.0218. The molecule has 0 bridgehead atoms. The van der Waals surface area contributed by atoms with E-state index in [1.807, 2.05) is 55.5 Å². The molecule has 2 atom stereocenters. The summed E-state index contributed by atoms with van der Waals surface area (Å²) < 4.78 is 5.66. The molecule has 1 amide bonds. The summed E-state index contributed by atoms with van der Waals surface area (Å²) in [6, 6.07) is 14.0. The molecule has 5 nitrogen and oxygen atoms in total. The Balaban J connectivity index is 2.19. The number of rotatable bonds is 7. The van der Waals surface area contributed by atoms with Gasteiger partial charge in [-0.2, -0.15) is 0 Å². The summed E-state index contributed by atoms with van der Waals surface area (Å²) in [7, 11) is 0. The van der Waals surface area contributed by atoms with Crippen LogP contribution in [-0.4, -0.2) is 17.9 Å². The van der Waals surface area contributed by atoms with E-state index in [1.165, 1.54) is 0 Å². The maximum atomic E-state index is 12.6. The number of nitrogens with one attached hydrogen (secondary N) is 1. The van der Waals surface area contributed by atoms with Crippen LogP contribution in [0.1, 0.15) is 55.8 Å². The van der Waals surface area contributed by atoms with Crippen LogP contribution in [0.5, 0.6) is 5.75 Å². The summed E-state index contributed by atoms with van der Waals surface area (Å²) in [6.45, 7) is 7.67. The molecule has 2 aromatic rings. The van der Waals surface area contributed by atoms with Crippen LogP contribution in [0.3, 0.4) is 0 Å². The van der Waals surface area contributed by atoms with Gasteiger partial charge in [0.25, 0.3) is 0 Å². The van der Waals surface area contributed by atoms with Crippen LogP contribution in [0.25, 0.3) is 0 Å². The molecule has 0 aliphatic carbocycles. The highest BCUT2D eigenvalue weighted by molar-refractivity contribution is 5.82. The number of esters is 1. The Morgan fingerprint density at radius 1 is 1.07 bits per heavy atom. The zero-order valence-corrected chi connectivity index (χ0v) is 16.4. The van der Waals surface area contributed by atoms with Gasteiger partial charge in [0.15, 0.2) is 0 Å². The predicted molar refractivity (Wildman–Crippen MR) is 106 cm³/mol. The normalized spacial score (nSPS) is 13.1. The molecule has 2 rings (SSSR count). The van der Waals surface area contributed by atoms with E-state index in [-0.39, 0.29) is 18.2 Å². The van der Waals surface area contributed by atoms with Gasteiger partial charge in [0, 0.05) is 0 Å². The Labute approximate surface area is 160 Å². The van der Waals surface area contributed by atoms with E-state index in [0.29, 0.717) is 5.75 Å². The number of hydrogen-bond donors (Lipinski definition) is 2. The number of benzene rings is 2. The van der Waals surface area contributed by atoms with Gasteiger partial charge < -0.3 is 15.8 Å². The summed E-state index contributed by atoms with van der Waals surface area (Å²) in [5, 5.41) is 2.83. The van der Waals surface area contributed by atoms with Crippen LogP contribution in [0.15, 0.2) is 48.5 Å². The lowest BCUT2D eigenvalue weighted by Gasteiger charge is -2.20.